The Kier molecular flexibility index (Phi) is 5.28. The van der Waals surface area contributed by atoms with Crippen molar-refractivity contribution < 1.29 is 12.8 Å². The first-order chi connectivity index (χ1) is 13.1. The molecule has 28 heavy (non-hydrogen) atoms. The molecule has 8 nitrogen and oxygen atoms in total. The SMILES string of the molecule is Cn1c(=O)cnn(-c2cc(NS(=O)(=O)c3ccc(Cl)cc3)c(Cl)cc2F)c1=O. The van der Waals surface area contributed by atoms with E-state index in [1.165, 1.54) is 31.3 Å². The van der Waals surface area contributed by atoms with E-state index in [0.717, 1.165) is 22.9 Å². The predicted molar refractivity (Wildman–Crippen MR) is 102 cm³/mol. The van der Waals surface area contributed by atoms with Crippen LogP contribution < -0.4 is 16.0 Å². The number of nitrogens with zero attached hydrogens (tertiary/aromatic N) is 3. The van der Waals surface area contributed by atoms with Gasteiger partial charge in [0.25, 0.3) is 15.6 Å². The summed E-state index contributed by atoms with van der Waals surface area (Å²) in [5.41, 5.74) is -2.17. The summed E-state index contributed by atoms with van der Waals surface area (Å²) in [4.78, 5) is 23.6. The molecular formula is C16H11Cl2FN4O4S. The molecule has 0 fully saturated rings. The van der Waals surface area contributed by atoms with Gasteiger partial charge in [-0.2, -0.15) is 9.78 Å². The molecule has 0 bridgehead atoms. The van der Waals surface area contributed by atoms with Crippen molar-refractivity contribution in [3.8, 4) is 5.69 Å². The molecule has 0 aliphatic rings. The molecule has 3 rings (SSSR count). The third-order valence-electron chi connectivity index (χ3n) is 3.72. The second-order valence-electron chi connectivity index (χ2n) is 5.58. The molecule has 0 saturated heterocycles. The topological polar surface area (TPSA) is 103 Å². The van der Waals surface area contributed by atoms with Gasteiger partial charge in [-0.3, -0.25) is 14.1 Å². The Morgan fingerprint density at radius 3 is 2.39 bits per heavy atom. The summed E-state index contributed by atoms with van der Waals surface area (Å²) in [5, 5.41) is 3.71. The minimum absolute atomic E-state index is 0.101. The summed E-state index contributed by atoms with van der Waals surface area (Å²) >= 11 is 11.7. The van der Waals surface area contributed by atoms with Crippen LogP contribution in [0.3, 0.4) is 0 Å². The van der Waals surface area contributed by atoms with Crippen LogP contribution in [0.2, 0.25) is 10.0 Å². The molecule has 0 saturated carbocycles. The number of benzene rings is 2. The highest BCUT2D eigenvalue weighted by Crippen LogP contribution is 2.29. The number of hydrogen-bond donors (Lipinski definition) is 1. The fourth-order valence-electron chi connectivity index (χ4n) is 2.24. The highest BCUT2D eigenvalue weighted by Gasteiger charge is 2.19. The molecule has 1 aromatic heterocycles. The molecule has 1 N–H and O–H groups in total. The Bertz CT molecular complexity index is 1290. The molecule has 0 amide bonds. The van der Waals surface area contributed by atoms with Crippen LogP contribution in [0.25, 0.3) is 5.69 Å². The van der Waals surface area contributed by atoms with Crippen LogP contribution in [0.4, 0.5) is 10.1 Å². The molecule has 0 atom stereocenters. The van der Waals surface area contributed by atoms with Crippen molar-refractivity contribution in [3.05, 3.63) is 79.3 Å². The number of nitrogens with one attached hydrogen (secondary N) is 1. The van der Waals surface area contributed by atoms with E-state index in [1.807, 2.05) is 0 Å². The van der Waals surface area contributed by atoms with Gasteiger partial charge in [-0.25, -0.2) is 17.6 Å². The standard InChI is InChI=1S/C16H11Cl2FN4O4S/c1-22-15(24)8-20-23(16(22)25)14-7-13(11(18)6-12(14)19)21-28(26,27)10-4-2-9(17)3-5-10/h2-8,21H,1H3. The monoisotopic (exact) mass is 444 g/mol. The first-order valence-corrected chi connectivity index (χ1v) is 9.77. The van der Waals surface area contributed by atoms with E-state index in [2.05, 4.69) is 9.82 Å². The van der Waals surface area contributed by atoms with Gasteiger partial charge in [-0.05, 0) is 36.4 Å². The van der Waals surface area contributed by atoms with Crippen molar-refractivity contribution >= 4 is 38.9 Å². The Morgan fingerprint density at radius 1 is 1.11 bits per heavy atom. The van der Waals surface area contributed by atoms with Gasteiger partial charge in [-0.15, -0.1) is 0 Å². The quantitative estimate of drug-likeness (QED) is 0.663. The van der Waals surface area contributed by atoms with Gasteiger partial charge in [0.2, 0.25) is 0 Å². The number of sulfonamides is 1. The molecule has 3 aromatic rings. The van der Waals surface area contributed by atoms with Crippen molar-refractivity contribution in [2.45, 2.75) is 4.90 Å². The van der Waals surface area contributed by atoms with Crippen molar-refractivity contribution in [3.63, 3.8) is 0 Å². The molecule has 0 radical (unpaired) electrons. The molecule has 12 heteroatoms. The van der Waals surface area contributed by atoms with Crippen LogP contribution in [-0.4, -0.2) is 22.8 Å². The van der Waals surface area contributed by atoms with E-state index in [0.29, 0.717) is 9.70 Å². The molecule has 0 spiro atoms. The van der Waals surface area contributed by atoms with Gasteiger partial charge in [0.05, 0.1) is 15.6 Å². The Labute approximate surface area is 167 Å². The van der Waals surface area contributed by atoms with Gasteiger partial charge in [0.15, 0.2) is 5.82 Å². The Morgan fingerprint density at radius 2 is 1.75 bits per heavy atom. The van der Waals surface area contributed by atoms with Crippen molar-refractivity contribution in [1.29, 1.82) is 0 Å². The van der Waals surface area contributed by atoms with Crippen LogP contribution in [0.1, 0.15) is 0 Å². The number of rotatable bonds is 4. The Balaban J connectivity index is 2.10. The van der Waals surface area contributed by atoms with Gasteiger partial charge in [-0.1, -0.05) is 23.2 Å². The lowest BCUT2D eigenvalue weighted by Gasteiger charge is -2.13. The highest BCUT2D eigenvalue weighted by atomic mass is 35.5. The Hall–Kier alpha value is -2.69. The second kappa shape index (κ2) is 7.38. The molecule has 1 heterocycles. The molecular weight excluding hydrogens is 434 g/mol. The van der Waals surface area contributed by atoms with Crippen LogP contribution in [-0.2, 0) is 17.1 Å². The number of hydrogen-bond acceptors (Lipinski definition) is 5. The van der Waals surface area contributed by atoms with Crippen molar-refractivity contribution in [2.75, 3.05) is 4.72 Å². The third-order valence-corrected chi connectivity index (χ3v) is 5.66. The number of aromatic nitrogens is 3. The van der Waals surface area contributed by atoms with Crippen molar-refractivity contribution in [2.24, 2.45) is 7.05 Å². The molecule has 0 unspecified atom stereocenters. The van der Waals surface area contributed by atoms with Crippen LogP contribution in [0.5, 0.6) is 0 Å². The molecule has 2 aromatic carbocycles. The lowest BCUT2D eigenvalue weighted by molar-refractivity contribution is 0.585. The average molecular weight is 445 g/mol. The fraction of sp³-hybridized carbons (Fsp3) is 0.0625. The van der Waals surface area contributed by atoms with E-state index < -0.39 is 27.1 Å². The molecule has 0 aliphatic carbocycles. The largest absolute Gasteiger partial charge is 0.352 e. The molecule has 0 aliphatic heterocycles. The summed E-state index contributed by atoms with van der Waals surface area (Å²) in [6.07, 6.45) is 0.826. The van der Waals surface area contributed by atoms with Gasteiger partial charge >= 0.3 is 5.69 Å². The maximum absolute atomic E-state index is 14.4. The lowest BCUT2D eigenvalue weighted by Crippen LogP contribution is -2.38. The summed E-state index contributed by atoms with van der Waals surface area (Å²) in [5.74, 6) is -0.937. The summed E-state index contributed by atoms with van der Waals surface area (Å²) in [6, 6.07) is 7.17. The maximum Gasteiger partial charge on any atom is 0.352 e. The third kappa shape index (κ3) is 3.79. The highest BCUT2D eigenvalue weighted by molar-refractivity contribution is 7.92. The number of anilines is 1. The lowest BCUT2D eigenvalue weighted by atomic mass is 10.2. The van der Waals surface area contributed by atoms with Crippen molar-refractivity contribution in [1.82, 2.24) is 14.3 Å². The zero-order chi connectivity index (χ0) is 20.6. The molecule has 146 valence electrons. The summed E-state index contributed by atoms with van der Waals surface area (Å²) < 4.78 is 43.0. The summed E-state index contributed by atoms with van der Waals surface area (Å²) in [7, 11) is -2.87. The van der Waals surface area contributed by atoms with Crippen LogP contribution >= 0.6 is 23.2 Å². The van der Waals surface area contributed by atoms with E-state index in [9.17, 15) is 22.4 Å². The van der Waals surface area contributed by atoms with E-state index in [-0.39, 0.29) is 21.3 Å². The van der Waals surface area contributed by atoms with Gasteiger partial charge < -0.3 is 0 Å². The van der Waals surface area contributed by atoms with E-state index >= 15 is 0 Å². The predicted octanol–water partition coefficient (Wildman–Crippen LogP) is 2.18. The average Bonchev–Trinajstić information content (AvgIpc) is 2.63. The normalized spacial score (nSPS) is 11.4. The first-order valence-electron chi connectivity index (χ1n) is 7.53. The van der Waals surface area contributed by atoms with E-state index in [4.69, 9.17) is 23.2 Å². The van der Waals surface area contributed by atoms with Gasteiger partial charge in [0, 0.05) is 12.1 Å². The zero-order valence-electron chi connectivity index (χ0n) is 14.1. The minimum atomic E-state index is -4.07. The second-order valence-corrected chi connectivity index (χ2v) is 8.11. The smallest absolute Gasteiger partial charge is 0.278 e. The first kappa shape index (κ1) is 20.1. The van der Waals surface area contributed by atoms with Crippen LogP contribution in [0.15, 0.2) is 57.1 Å². The maximum atomic E-state index is 14.4. The minimum Gasteiger partial charge on any atom is -0.278 e. The fourth-order valence-corrected chi connectivity index (χ4v) is 3.69. The summed E-state index contributed by atoms with van der Waals surface area (Å²) in [6.45, 7) is 0. The van der Waals surface area contributed by atoms with Gasteiger partial charge in [0.1, 0.15) is 11.9 Å². The van der Waals surface area contributed by atoms with Crippen LogP contribution in [0, 0.1) is 5.82 Å². The zero-order valence-corrected chi connectivity index (χ0v) is 16.4. The van der Waals surface area contributed by atoms with E-state index in [1.54, 1.807) is 0 Å². The number of halogens is 3.